The van der Waals surface area contributed by atoms with Gasteiger partial charge in [0.25, 0.3) is 5.90 Å². The molecule has 1 unspecified atom stereocenters. The van der Waals surface area contributed by atoms with Crippen molar-refractivity contribution in [3.63, 3.8) is 0 Å². The third-order valence-corrected chi connectivity index (χ3v) is 5.29. The number of alkyl halides is 3. The Hall–Kier alpha value is -3.48. The maximum absolute atomic E-state index is 13.9. The summed E-state index contributed by atoms with van der Waals surface area (Å²) in [5.74, 6) is -3.26. The number of halogens is 3. The fourth-order valence-electron chi connectivity index (χ4n) is 3.81. The number of carbonyl (C=O) groups excluding carboxylic acids is 2. The summed E-state index contributed by atoms with van der Waals surface area (Å²) in [5.41, 5.74) is -1.98. The molecule has 1 heterocycles. The fraction of sp³-hybridized carbons (Fsp3) is 0.400. The van der Waals surface area contributed by atoms with Gasteiger partial charge in [0.15, 0.2) is 12.2 Å². The standard InChI is InChI=1S/C25H27F3N2O7/c1-15-20(36-17(3)32)24(33,30-16(2)31)21(34-14-18-10-6-4-7-11-18)22(35-15)37-23(25(26,27)28)29-19-12-8-5-9-13-19/h4-13,15,20-22,33H,14H2,1-3H3,(H,30,31)/t15-,20+,21+,22?,24+/m1/s1. The van der Waals surface area contributed by atoms with Gasteiger partial charge in [-0.25, -0.2) is 4.99 Å². The van der Waals surface area contributed by atoms with Gasteiger partial charge in [0.1, 0.15) is 6.10 Å². The van der Waals surface area contributed by atoms with E-state index in [4.69, 9.17) is 18.9 Å². The Morgan fingerprint density at radius 3 is 2.16 bits per heavy atom. The molecule has 0 aliphatic carbocycles. The summed E-state index contributed by atoms with van der Waals surface area (Å²) in [4.78, 5) is 27.4. The molecular formula is C25H27F3N2O7. The molecule has 1 aliphatic heterocycles. The monoisotopic (exact) mass is 524 g/mol. The van der Waals surface area contributed by atoms with Crippen LogP contribution in [0.1, 0.15) is 26.3 Å². The molecule has 1 amide bonds. The van der Waals surface area contributed by atoms with Crippen LogP contribution in [-0.2, 0) is 35.1 Å². The highest BCUT2D eigenvalue weighted by molar-refractivity contribution is 5.84. The third-order valence-electron chi connectivity index (χ3n) is 5.29. The van der Waals surface area contributed by atoms with E-state index in [1.54, 1.807) is 36.4 Å². The SMILES string of the molecule is CC(=O)N[C@@]1(O)[C@@H](OCc2ccccc2)C(OC(=Nc2ccccc2)C(F)(F)F)O[C@H](C)[C@@H]1OC(C)=O. The second kappa shape index (κ2) is 11.7. The molecule has 1 fully saturated rings. The molecule has 200 valence electrons. The molecule has 37 heavy (non-hydrogen) atoms. The summed E-state index contributed by atoms with van der Waals surface area (Å²) in [5, 5.41) is 13.9. The minimum absolute atomic E-state index is 0.0460. The van der Waals surface area contributed by atoms with Gasteiger partial charge in [0, 0.05) is 13.8 Å². The quantitative estimate of drug-likeness (QED) is 0.247. The van der Waals surface area contributed by atoms with E-state index in [1.165, 1.54) is 31.2 Å². The number of carbonyl (C=O) groups is 2. The van der Waals surface area contributed by atoms with Crippen LogP contribution in [0, 0.1) is 0 Å². The van der Waals surface area contributed by atoms with Gasteiger partial charge < -0.3 is 29.4 Å². The van der Waals surface area contributed by atoms with E-state index < -0.39 is 54.3 Å². The van der Waals surface area contributed by atoms with Crippen LogP contribution in [0.15, 0.2) is 65.7 Å². The van der Waals surface area contributed by atoms with Crippen LogP contribution in [-0.4, -0.2) is 59.4 Å². The number of aliphatic imine (C=N–C) groups is 1. The summed E-state index contributed by atoms with van der Waals surface area (Å²) in [6.07, 6.45) is -11.5. The van der Waals surface area contributed by atoms with E-state index in [-0.39, 0.29) is 12.3 Å². The zero-order valence-corrected chi connectivity index (χ0v) is 20.3. The van der Waals surface area contributed by atoms with Crippen LogP contribution in [0.3, 0.4) is 0 Å². The first-order valence-corrected chi connectivity index (χ1v) is 11.3. The van der Waals surface area contributed by atoms with E-state index >= 15 is 0 Å². The number of esters is 1. The van der Waals surface area contributed by atoms with Crippen molar-refractivity contribution >= 4 is 23.5 Å². The van der Waals surface area contributed by atoms with Gasteiger partial charge in [0.05, 0.1) is 12.3 Å². The molecule has 1 aliphatic rings. The summed E-state index contributed by atoms with van der Waals surface area (Å²) >= 11 is 0. The van der Waals surface area contributed by atoms with Gasteiger partial charge >= 0.3 is 12.1 Å². The molecule has 2 aromatic carbocycles. The maximum atomic E-state index is 13.9. The number of benzene rings is 2. The van der Waals surface area contributed by atoms with Gasteiger partial charge in [-0.1, -0.05) is 48.5 Å². The average molecular weight is 524 g/mol. The van der Waals surface area contributed by atoms with Gasteiger partial charge in [-0.2, -0.15) is 13.2 Å². The molecule has 12 heteroatoms. The Morgan fingerprint density at radius 1 is 1.03 bits per heavy atom. The third kappa shape index (κ3) is 7.28. The molecule has 2 aromatic rings. The number of amides is 1. The second-order valence-electron chi connectivity index (χ2n) is 8.33. The van der Waals surface area contributed by atoms with Gasteiger partial charge in [0.2, 0.25) is 17.9 Å². The number of para-hydroxylation sites is 1. The van der Waals surface area contributed by atoms with Crippen molar-refractivity contribution in [1.29, 1.82) is 0 Å². The van der Waals surface area contributed by atoms with Crippen LogP contribution in [0.5, 0.6) is 0 Å². The highest BCUT2D eigenvalue weighted by Crippen LogP contribution is 2.35. The first-order valence-electron chi connectivity index (χ1n) is 11.3. The van der Waals surface area contributed by atoms with E-state index in [1.807, 2.05) is 0 Å². The highest BCUT2D eigenvalue weighted by Gasteiger charge is 2.60. The van der Waals surface area contributed by atoms with Crippen LogP contribution in [0.25, 0.3) is 0 Å². The molecule has 0 spiro atoms. The lowest BCUT2D eigenvalue weighted by molar-refractivity contribution is -0.331. The number of hydrogen-bond acceptors (Lipinski definition) is 8. The molecule has 2 N–H and O–H groups in total. The summed E-state index contributed by atoms with van der Waals surface area (Å²) < 4.78 is 63.6. The molecule has 0 saturated carbocycles. The number of ether oxygens (including phenoxy) is 4. The van der Waals surface area contributed by atoms with Crippen molar-refractivity contribution in [3.8, 4) is 0 Å². The Labute approximate surface area is 211 Å². The average Bonchev–Trinajstić information content (AvgIpc) is 2.81. The number of rotatable bonds is 7. The molecular weight excluding hydrogens is 497 g/mol. The number of aliphatic hydroxyl groups is 1. The van der Waals surface area contributed by atoms with E-state index in [9.17, 15) is 27.9 Å². The topological polar surface area (TPSA) is 116 Å². The first-order chi connectivity index (χ1) is 17.4. The molecule has 0 bridgehead atoms. The zero-order valence-electron chi connectivity index (χ0n) is 20.3. The van der Waals surface area contributed by atoms with Gasteiger partial charge in [-0.3, -0.25) is 9.59 Å². The smallest absolute Gasteiger partial charge is 0.455 e. The van der Waals surface area contributed by atoms with Crippen molar-refractivity contribution in [2.45, 2.75) is 63.9 Å². The van der Waals surface area contributed by atoms with Crippen molar-refractivity contribution < 1.29 is 46.8 Å². The largest absolute Gasteiger partial charge is 0.468 e. The van der Waals surface area contributed by atoms with Crippen molar-refractivity contribution in [2.24, 2.45) is 4.99 Å². The summed E-state index contributed by atoms with van der Waals surface area (Å²) in [7, 11) is 0. The normalized spacial score (nSPS) is 26.3. The second-order valence-corrected chi connectivity index (χ2v) is 8.33. The van der Waals surface area contributed by atoms with E-state index in [0.717, 1.165) is 13.8 Å². The van der Waals surface area contributed by atoms with Crippen LogP contribution < -0.4 is 5.32 Å². The fourth-order valence-corrected chi connectivity index (χ4v) is 3.81. The first kappa shape index (κ1) is 28.1. The van der Waals surface area contributed by atoms with Gasteiger partial charge in [-0.05, 0) is 24.6 Å². The maximum Gasteiger partial charge on any atom is 0.468 e. The zero-order chi connectivity index (χ0) is 27.2. The minimum Gasteiger partial charge on any atom is -0.455 e. The van der Waals surface area contributed by atoms with Crippen molar-refractivity contribution in [3.05, 3.63) is 66.2 Å². The predicted octanol–water partition coefficient (Wildman–Crippen LogP) is 3.38. The van der Waals surface area contributed by atoms with Crippen LogP contribution in [0.2, 0.25) is 0 Å². The Balaban J connectivity index is 2.04. The van der Waals surface area contributed by atoms with E-state index in [0.29, 0.717) is 5.56 Å². The number of nitrogens with zero attached hydrogens (tertiary/aromatic N) is 1. The molecule has 9 nitrogen and oxygen atoms in total. The highest BCUT2D eigenvalue weighted by atomic mass is 19.4. The Morgan fingerprint density at radius 2 is 1.62 bits per heavy atom. The number of hydrogen-bond donors (Lipinski definition) is 2. The molecule has 1 saturated heterocycles. The summed E-state index contributed by atoms with van der Waals surface area (Å²) in [6, 6.07) is 15.8. The lowest BCUT2D eigenvalue weighted by atomic mass is 9.91. The Kier molecular flexibility index (Phi) is 8.89. The molecule has 0 radical (unpaired) electrons. The predicted molar refractivity (Wildman–Crippen MR) is 124 cm³/mol. The van der Waals surface area contributed by atoms with Crippen molar-refractivity contribution in [2.75, 3.05) is 0 Å². The lowest BCUT2D eigenvalue weighted by Gasteiger charge is -2.49. The Bertz CT molecular complexity index is 1100. The van der Waals surface area contributed by atoms with Crippen molar-refractivity contribution in [1.82, 2.24) is 5.32 Å². The van der Waals surface area contributed by atoms with Crippen LogP contribution in [0.4, 0.5) is 18.9 Å². The molecule has 5 atom stereocenters. The van der Waals surface area contributed by atoms with E-state index in [2.05, 4.69) is 10.3 Å². The lowest BCUT2D eigenvalue weighted by Crippen LogP contribution is -2.74. The number of nitrogens with one attached hydrogen (secondary N) is 1. The molecule has 3 rings (SSSR count). The summed E-state index contributed by atoms with van der Waals surface area (Å²) in [6.45, 7) is 3.27. The van der Waals surface area contributed by atoms with Crippen LogP contribution >= 0.6 is 0 Å². The minimum atomic E-state index is -5.05. The van der Waals surface area contributed by atoms with Gasteiger partial charge in [-0.15, -0.1) is 0 Å². The molecule has 0 aromatic heterocycles.